The molecule has 246 valence electrons. The van der Waals surface area contributed by atoms with Crippen molar-refractivity contribution in [2.75, 3.05) is 75.1 Å². The number of aliphatic hydroxyl groups excluding tert-OH is 4. The highest BCUT2D eigenvalue weighted by molar-refractivity contribution is 6.23. The summed E-state index contributed by atoms with van der Waals surface area (Å²) in [6.45, 7) is 3.97. The minimum absolute atomic E-state index is 0.0739. The van der Waals surface area contributed by atoms with E-state index in [0.29, 0.717) is 36.1 Å². The summed E-state index contributed by atoms with van der Waals surface area (Å²) in [4.78, 5) is 19.4. The highest BCUT2D eigenvalue weighted by Crippen LogP contribution is 2.22. The normalized spacial score (nSPS) is 14.8. The number of hydrogen-bond donors (Lipinski definition) is 8. The number of benzene rings is 2. The van der Waals surface area contributed by atoms with E-state index in [1.54, 1.807) is 6.08 Å². The fourth-order valence-corrected chi connectivity index (χ4v) is 5.17. The van der Waals surface area contributed by atoms with Crippen LogP contribution in [0.15, 0.2) is 77.1 Å². The minimum atomic E-state index is -0.221. The average molecular weight is 623 g/mol. The van der Waals surface area contributed by atoms with Crippen molar-refractivity contribution in [3.63, 3.8) is 0 Å². The molecule has 0 amide bonds. The third kappa shape index (κ3) is 13.0. The number of carbonyl (C=O) groups excluding carboxylic acids is 1. The van der Waals surface area contributed by atoms with Gasteiger partial charge in [-0.05, 0) is 106 Å². The van der Waals surface area contributed by atoms with Gasteiger partial charge in [0, 0.05) is 62.5 Å². The maximum atomic E-state index is 12.7. The molecule has 0 saturated carbocycles. The number of nitrogens with two attached hydrogens (primary N) is 1. The number of aliphatic imine (C=N–C) groups is 1. The van der Waals surface area contributed by atoms with Crippen LogP contribution in [0.2, 0.25) is 0 Å². The standard InChI is InChI=1S/C34H50N6O5/c35-31-24-34(45)33(39-30-12-8-28(9-13-30)37-16-3-17-40(18-22-43)19-23-44)25-32(31)38-29-10-6-27(7-11-29)36-15-1-4-26(14-21-42)5-2-20-41/h6-13,24-26,36-37,39,41-44H,1-5,14-23,35H2/b38-32+. The van der Waals surface area contributed by atoms with Crippen LogP contribution in [0.4, 0.5) is 22.7 Å². The summed E-state index contributed by atoms with van der Waals surface area (Å²) < 4.78 is 0. The maximum Gasteiger partial charge on any atom is 0.204 e. The lowest BCUT2D eigenvalue weighted by Gasteiger charge is -2.20. The van der Waals surface area contributed by atoms with E-state index in [1.807, 2.05) is 53.4 Å². The molecule has 0 radical (unpaired) electrons. The molecule has 9 N–H and O–H groups in total. The Kier molecular flexibility index (Phi) is 16.1. The van der Waals surface area contributed by atoms with Gasteiger partial charge in [0.15, 0.2) is 0 Å². The molecule has 1 atom stereocenters. The third-order valence-corrected chi connectivity index (χ3v) is 7.65. The molecule has 0 spiro atoms. The molecule has 11 nitrogen and oxygen atoms in total. The van der Waals surface area contributed by atoms with Crippen molar-refractivity contribution in [2.45, 2.75) is 38.5 Å². The van der Waals surface area contributed by atoms with Gasteiger partial charge in [-0.15, -0.1) is 0 Å². The van der Waals surface area contributed by atoms with E-state index in [0.717, 1.165) is 80.9 Å². The van der Waals surface area contributed by atoms with Gasteiger partial charge in [0.05, 0.1) is 36.0 Å². The zero-order valence-electron chi connectivity index (χ0n) is 26.1. The van der Waals surface area contributed by atoms with E-state index in [4.69, 9.17) is 21.1 Å². The maximum absolute atomic E-state index is 12.7. The predicted molar refractivity (Wildman–Crippen MR) is 182 cm³/mol. The molecule has 0 fully saturated rings. The number of anilines is 3. The van der Waals surface area contributed by atoms with Gasteiger partial charge in [-0.25, -0.2) is 4.99 Å². The number of hydrogen-bond acceptors (Lipinski definition) is 11. The first-order valence-electron chi connectivity index (χ1n) is 15.9. The van der Waals surface area contributed by atoms with Crippen LogP contribution in [0.5, 0.6) is 0 Å². The summed E-state index contributed by atoms with van der Waals surface area (Å²) in [5.74, 6) is 0.211. The second kappa shape index (κ2) is 20.3. The molecule has 0 heterocycles. The van der Waals surface area contributed by atoms with Crippen molar-refractivity contribution in [2.24, 2.45) is 16.6 Å². The van der Waals surface area contributed by atoms with Crippen molar-refractivity contribution in [1.82, 2.24) is 4.90 Å². The monoisotopic (exact) mass is 622 g/mol. The first kappa shape index (κ1) is 35.7. The fraction of sp³-hybridized carbons (Fsp3) is 0.471. The predicted octanol–water partition coefficient (Wildman–Crippen LogP) is 3.23. The molecule has 11 heteroatoms. The topological polar surface area (TPSA) is 176 Å². The second-order valence-electron chi connectivity index (χ2n) is 11.2. The first-order chi connectivity index (χ1) is 21.9. The number of nitrogens with zero attached hydrogens (tertiary/aromatic N) is 2. The number of ketones is 1. The minimum Gasteiger partial charge on any atom is -0.397 e. The third-order valence-electron chi connectivity index (χ3n) is 7.65. The van der Waals surface area contributed by atoms with E-state index >= 15 is 0 Å². The van der Waals surface area contributed by atoms with Crippen LogP contribution >= 0.6 is 0 Å². The Bertz CT molecular complexity index is 1240. The van der Waals surface area contributed by atoms with Gasteiger partial charge in [-0.2, -0.15) is 0 Å². The molecule has 0 aromatic heterocycles. The van der Waals surface area contributed by atoms with Crippen LogP contribution in [0.3, 0.4) is 0 Å². The molecule has 0 aliphatic heterocycles. The zero-order chi connectivity index (χ0) is 32.3. The Morgan fingerprint density at radius 3 is 1.91 bits per heavy atom. The van der Waals surface area contributed by atoms with Gasteiger partial charge in [-0.1, -0.05) is 0 Å². The lowest BCUT2D eigenvalue weighted by molar-refractivity contribution is -0.111. The van der Waals surface area contributed by atoms with Crippen molar-refractivity contribution >= 4 is 34.2 Å². The number of nitrogens with one attached hydrogen (secondary N) is 3. The van der Waals surface area contributed by atoms with E-state index in [9.17, 15) is 9.90 Å². The fourth-order valence-electron chi connectivity index (χ4n) is 5.17. The van der Waals surface area contributed by atoms with E-state index < -0.39 is 0 Å². The molecular formula is C34H50N6O5. The molecule has 1 unspecified atom stereocenters. The van der Waals surface area contributed by atoms with Crippen LogP contribution in [-0.4, -0.2) is 96.0 Å². The van der Waals surface area contributed by atoms with Crippen LogP contribution in [0.25, 0.3) is 0 Å². The van der Waals surface area contributed by atoms with Gasteiger partial charge >= 0.3 is 0 Å². The molecule has 3 rings (SSSR count). The SMILES string of the molecule is NC1=CC(=O)C(Nc2ccc(NCCCN(CCO)CCO)cc2)=C/C1=N\c1ccc(NCCCC(CCO)CCCO)cc1. The number of rotatable bonds is 22. The van der Waals surface area contributed by atoms with Crippen LogP contribution in [0, 0.1) is 5.92 Å². The van der Waals surface area contributed by atoms with Gasteiger partial charge in [0.2, 0.25) is 5.78 Å². The molecule has 0 saturated heterocycles. The summed E-state index contributed by atoms with van der Waals surface area (Å²) >= 11 is 0. The molecule has 0 bridgehead atoms. The average Bonchev–Trinajstić information content (AvgIpc) is 3.04. The Morgan fingerprint density at radius 2 is 1.29 bits per heavy atom. The summed E-state index contributed by atoms with van der Waals surface area (Å²) in [5.41, 5.74) is 10.8. The number of allylic oxidation sites excluding steroid dienone is 2. The highest BCUT2D eigenvalue weighted by Gasteiger charge is 2.17. The lowest BCUT2D eigenvalue weighted by atomic mass is 9.94. The second-order valence-corrected chi connectivity index (χ2v) is 11.2. The van der Waals surface area contributed by atoms with E-state index in [2.05, 4.69) is 20.9 Å². The summed E-state index contributed by atoms with van der Waals surface area (Å²) in [7, 11) is 0. The first-order valence-corrected chi connectivity index (χ1v) is 15.9. The van der Waals surface area contributed by atoms with Gasteiger partial charge in [-0.3, -0.25) is 9.69 Å². The Labute approximate surface area is 266 Å². The molecule has 2 aromatic carbocycles. The molecule has 45 heavy (non-hydrogen) atoms. The number of carbonyl (C=O) groups is 1. The molecular weight excluding hydrogens is 572 g/mol. The summed E-state index contributed by atoms with van der Waals surface area (Å²) in [6, 6.07) is 15.4. The van der Waals surface area contributed by atoms with Gasteiger partial charge in [0.25, 0.3) is 0 Å². The Balaban J connectivity index is 1.51. The molecule has 2 aromatic rings. The smallest absolute Gasteiger partial charge is 0.204 e. The van der Waals surface area contributed by atoms with Gasteiger partial charge < -0.3 is 42.1 Å². The largest absolute Gasteiger partial charge is 0.397 e. The zero-order valence-corrected chi connectivity index (χ0v) is 26.1. The van der Waals surface area contributed by atoms with Crippen LogP contribution < -0.4 is 21.7 Å². The van der Waals surface area contributed by atoms with Crippen molar-refractivity contribution in [3.05, 3.63) is 72.1 Å². The lowest BCUT2D eigenvalue weighted by Crippen LogP contribution is -2.31. The Hall–Kier alpha value is -3.74. The van der Waals surface area contributed by atoms with Crippen molar-refractivity contribution < 1.29 is 25.2 Å². The van der Waals surface area contributed by atoms with Crippen LogP contribution in [-0.2, 0) is 4.79 Å². The van der Waals surface area contributed by atoms with Crippen molar-refractivity contribution in [3.8, 4) is 0 Å². The summed E-state index contributed by atoms with van der Waals surface area (Å²) in [6.07, 6.45) is 8.39. The van der Waals surface area contributed by atoms with E-state index in [-0.39, 0.29) is 32.2 Å². The van der Waals surface area contributed by atoms with Gasteiger partial charge in [0.1, 0.15) is 0 Å². The molecule has 1 aliphatic rings. The van der Waals surface area contributed by atoms with Crippen molar-refractivity contribution in [1.29, 1.82) is 0 Å². The Morgan fingerprint density at radius 1 is 0.689 bits per heavy atom. The van der Waals surface area contributed by atoms with E-state index in [1.165, 1.54) is 6.08 Å². The quantitative estimate of drug-likeness (QED) is 0.0719. The molecule has 1 aliphatic carbocycles. The van der Waals surface area contributed by atoms with Crippen LogP contribution in [0.1, 0.15) is 38.5 Å². The summed E-state index contributed by atoms with van der Waals surface area (Å²) in [5, 5.41) is 46.6. The number of aliphatic hydroxyl groups is 4. The highest BCUT2D eigenvalue weighted by atomic mass is 16.3.